The van der Waals surface area contributed by atoms with Crippen LogP contribution in [0.3, 0.4) is 0 Å². The first-order chi connectivity index (χ1) is 13.8. The van der Waals surface area contributed by atoms with Gasteiger partial charge >= 0.3 is 0 Å². The predicted octanol–water partition coefficient (Wildman–Crippen LogP) is 6.69. The van der Waals surface area contributed by atoms with Gasteiger partial charge in [-0.05, 0) is 47.4 Å². The number of hydrogen-bond acceptors (Lipinski definition) is 3. The minimum absolute atomic E-state index is 0.0270. The summed E-state index contributed by atoms with van der Waals surface area (Å²) >= 11 is 12.1. The molecule has 0 bridgehead atoms. The molecule has 1 unspecified atom stereocenters. The van der Waals surface area contributed by atoms with Crippen molar-refractivity contribution in [3.63, 3.8) is 0 Å². The van der Waals surface area contributed by atoms with E-state index in [2.05, 4.69) is 19.9 Å². The summed E-state index contributed by atoms with van der Waals surface area (Å²) in [7, 11) is 0. The summed E-state index contributed by atoms with van der Waals surface area (Å²) in [6.45, 7) is 4.11. The molecule has 0 fully saturated rings. The zero-order valence-corrected chi connectivity index (χ0v) is 17.6. The van der Waals surface area contributed by atoms with E-state index in [-0.39, 0.29) is 11.2 Å². The normalized spacial score (nSPS) is 20.8. The molecule has 2 aromatic carbocycles. The number of allylic oxidation sites excluding steroid dienone is 3. The van der Waals surface area contributed by atoms with Crippen molar-refractivity contribution in [2.24, 2.45) is 5.41 Å². The highest BCUT2D eigenvalue weighted by Gasteiger charge is 2.43. The maximum Gasteiger partial charge on any atom is 0.163 e. The molecule has 2 aromatic rings. The summed E-state index contributed by atoms with van der Waals surface area (Å²) in [5.74, 6) is 0.679. The minimum atomic E-state index is -0.477. The van der Waals surface area contributed by atoms with Gasteiger partial charge in [-0.3, -0.25) is 4.79 Å². The van der Waals surface area contributed by atoms with Gasteiger partial charge in [-0.1, -0.05) is 49.2 Å². The summed E-state index contributed by atoms with van der Waals surface area (Å²) in [4.78, 5) is 13.1. The third-order valence-electron chi connectivity index (χ3n) is 5.36. The molecule has 0 aromatic heterocycles. The average molecular weight is 424 g/mol. The van der Waals surface area contributed by atoms with Crippen molar-refractivity contribution in [1.82, 2.24) is 0 Å². The number of ether oxygens (including phenoxy) is 1. The van der Waals surface area contributed by atoms with Crippen molar-refractivity contribution < 1.29 is 9.53 Å². The van der Waals surface area contributed by atoms with Crippen LogP contribution >= 0.6 is 23.2 Å². The van der Waals surface area contributed by atoms with Crippen molar-refractivity contribution in [2.75, 3.05) is 0 Å². The Labute approximate surface area is 180 Å². The number of carbonyl (C=O) groups excluding carboxylic acids is 1. The molecule has 1 atom stereocenters. The fourth-order valence-corrected chi connectivity index (χ4v) is 4.32. The van der Waals surface area contributed by atoms with Gasteiger partial charge in [0.1, 0.15) is 11.5 Å². The second-order valence-corrected chi connectivity index (χ2v) is 9.10. The maximum absolute atomic E-state index is 13.1. The smallest absolute Gasteiger partial charge is 0.163 e. The highest BCUT2D eigenvalue weighted by molar-refractivity contribution is 6.30. The molecule has 0 amide bonds. The molecule has 2 aliphatic rings. The number of carbonyl (C=O) groups is 1. The van der Waals surface area contributed by atoms with Crippen molar-refractivity contribution >= 4 is 34.7 Å². The highest BCUT2D eigenvalue weighted by Crippen LogP contribution is 2.50. The topological polar surface area (TPSA) is 50.1 Å². The monoisotopic (exact) mass is 423 g/mol. The van der Waals surface area contributed by atoms with Gasteiger partial charge < -0.3 is 4.74 Å². The molecule has 1 heterocycles. The Hall–Kier alpha value is -2.54. The van der Waals surface area contributed by atoms with Crippen molar-refractivity contribution in [1.29, 1.82) is 5.26 Å². The first-order valence-electron chi connectivity index (χ1n) is 9.39. The second-order valence-electron chi connectivity index (χ2n) is 8.23. The maximum atomic E-state index is 13.1. The largest absolute Gasteiger partial charge is 0.460 e. The van der Waals surface area contributed by atoms with Crippen LogP contribution in [-0.2, 0) is 9.53 Å². The lowest BCUT2D eigenvalue weighted by atomic mass is 9.70. The van der Waals surface area contributed by atoms with E-state index in [0.717, 1.165) is 11.1 Å². The van der Waals surface area contributed by atoms with Gasteiger partial charge in [0.25, 0.3) is 0 Å². The molecular weight excluding hydrogens is 405 g/mol. The molecule has 0 saturated carbocycles. The Morgan fingerprint density at radius 2 is 1.59 bits per heavy atom. The third-order valence-corrected chi connectivity index (χ3v) is 5.86. The van der Waals surface area contributed by atoms with Crippen molar-refractivity contribution in [3.05, 3.63) is 86.6 Å². The quantitative estimate of drug-likeness (QED) is 0.540. The van der Waals surface area contributed by atoms with Gasteiger partial charge in [0.15, 0.2) is 5.78 Å². The summed E-state index contributed by atoms with van der Waals surface area (Å²) in [6.07, 6.45) is 1.06. The fourth-order valence-electron chi connectivity index (χ4n) is 4.06. The molecule has 1 aliphatic carbocycles. The van der Waals surface area contributed by atoms with E-state index < -0.39 is 5.92 Å². The van der Waals surface area contributed by atoms with E-state index >= 15 is 0 Å². The molecule has 4 rings (SSSR count). The van der Waals surface area contributed by atoms with Crippen LogP contribution in [0, 0.1) is 16.7 Å². The van der Waals surface area contributed by atoms with Gasteiger partial charge in [0.05, 0.1) is 17.6 Å². The molecule has 0 N–H and O–H groups in total. The summed E-state index contributed by atoms with van der Waals surface area (Å²) in [5.41, 5.74) is 2.41. The Morgan fingerprint density at radius 3 is 2.17 bits per heavy atom. The lowest BCUT2D eigenvalue weighted by Crippen LogP contribution is -2.32. The fraction of sp³-hybridized carbons (Fsp3) is 0.250. The van der Waals surface area contributed by atoms with Crippen LogP contribution in [0.5, 0.6) is 0 Å². The first-order valence-corrected chi connectivity index (χ1v) is 10.1. The molecule has 146 valence electrons. The average Bonchev–Trinajstić information content (AvgIpc) is 2.67. The van der Waals surface area contributed by atoms with Crippen LogP contribution in [0.25, 0.3) is 5.76 Å². The Morgan fingerprint density at radius 1 is 1.00 bits per heavy atom. The van der Waals surface area contributed by atoms with Crippen molar-refractivity contribution in [2.45, 2.75) is 32.6 Å². The molecule has 0 saturated heterocycles. The zero-order valence-electron chi connectivity index (χ0n) is 16.1. The van der Waals surface area contributed by atoms with E-state index in [0.29, 0.717) is 45.6 Å². The lowest BCUT2D eigenvalue weighted by molar-refractivity contribution is -0.118. The Bertz CT molecular complexity index is 1090. The van der Waals surface area contributed by atoms with Crippen LogP contribution < -0.4 is 0 Å². The van der Waals surface area contributed by atoms with Crippen LogP contribution in [0.2, 0.25) is 10.0 Å². The van der Waals surface area contributed by atoms with Gasteiger partial charge in [-0.25, -0.2) is 0 Å². The number of hydrogen-bond donors (Lipinski definition) is 0. The van der Waals surface area contributed by atoms with E-state index in [1.807, 2.05) is 24.3 Å². The van der Waals surface area contributed by atoms with E-state index in [4.69, 9.17) is 27.9 Å². The summed E-state index contributed by atoms with van der Waals surface area (Å²) < 4.78 is 6.25. The number of benzene rings is 2. The molecule has 0 spiro atoms. The molecule has 1 aliphatic heterocycles. The van der Waals surface area contributed by atoms with Gasteiger partial charge in [0, 0.05) is 34.0 Å². The van der Waals surface area contributed by atoms with Crippen LogP contribution in [0.1, 0.15) is 43.7 Å². The number of nitrogens with zero attached hydrogens (tertiary/aromatic N) is 1. The predicted molar refractivity (Wildman–Crippen MR) is 114 cm³/mol. The SMILES string of the molecule is CC1(C)CC(=O)C2=C(C1)OC(c1ccc(Cl)cc1)=C(C#N)C2c1ccc(Cl)cc1. The standard InChI is InChI=1S/C24H19Cl2NO2/c1-24(2)11-19(28)22-20(12-24)29-23(15-5-9-17(26)10-6-15)18(13-27)21(22)14-3-7-16(25)8-4-14/h3-10,21H,11-12H2,1-2H3. The van der Waals surface area contributed by atoms with Crippen LogP contribution in [0.4, 0.5) is 0 Å². The molecule has 0 radical (unpaired) electrons. The highest BCUT2D eigenvalue weighted by atomic mass is 35.5. The zero-order chi connectivity index (χ0) is 20.8. The van der Waals surface area contributed by atoms with Crippen LogP contribution in [-0.4, -0.2) is 5.78 Å². The number of Topliss-reactive ketones (excluding diaryl/α,β-unsaturated/α-hetero) is 1. The van der Waals surface area contributed by atoms with Crippen molar-refractivity contribution in [3.8, 4) is 6.07 Å². The molecule has 5 heteroatoms. The van der Waals surface area contributed by atoms with E-state index in [1.54, 1.807) is 24.3 Å². The van der Waals surface area contributed by atoms with Gasteiger partial charge in [0.2, 0.25) is 0 Å². The third kappa shape index (κ3) is 3.71. The Kier molecular flexibility index (Phi) is 5.02. The number of halogens is 2. The van der Waals surface area contributed by atoms with Gasteiger partial charge in [-0.2, -0.15) is 5.26 Å². The summed E-state index contributed by atoms with van der Waals surface area (Å²) in [5, 5.41) is 11.3. The number of nitriles is 1. The van der Waals surface area contributed by atoms with Crippen LogP contribution in [0.15, 0.2) is 65.4 Å². The lowest BCUT2D eigenvalue weighted by Gasteiger charge is -2.38. The Balaban J connectivity index is 1.94. The van der Waals surface area contributed by atoms with Gasteiger partial charge in [-0.15, -0.1) is 0 Å². The summed E-state index contributed by atoms with van der Waals surface area (Å²) in [6, 6.07) is 16.8. The van der Waals surface area contributed by atoms with E-state index in [9.17, 15) is 10.1 Å². The molecule has 29 heavy (non-hydrogen) atoms. The molecule has 3 nitrogen and oxygen atoms in total. The number of ketones is 1. The minimum Gasteiger partial charge on any atom is -0.460 e. The molecular formula is C24H19Cl2NO2. The first kappa shape index (κ1) is 19.8. The van der Waals surface area contributed by atoms with E-state index in [1.165, 1.54) is 0 Å². The number of rotatable bonds is 2. The second kappa shape index (κ2) is 7.37.